The highest BCUT2D eigenvalue weighted by Crippen LogP contribution is 2.62. The first-order chi connectivity index (χ1) is 11.1. The van der Waals surface area contributed by atoms with Gasteiger partial charge in [-0.3, -0.25) is 4.79 Å². The van der Waals surface area contributed by atoms with Crippen LogP contribution in [-0.2, 0) is 9.53 Å². The molecular formula is C17H30N4O2. The van der Waals surface area contributed by atoms with Crippen LogP contribution in [0.15, 0.2) is 4.99 Å². The van der Waals surface area contributed by atoms with Crippen LogP contribution in [0.5, 0.6) is 0 Å². The van der Waals surface area contributed by atoms with Crippen molar-refractivity contribution in [3.63, 3.8) is 0 Å². The number of aliphatic imine (C=N–C) groups is 1. The van der Waals surface area contributed by atoms with Crippen molar-refractivity contribution in [3.8, 4) is 0 Å². The Bertz CT molecular complexity index is 473. The molecule has 2 saturated carbocycles. The molecule has 6 heteroatoms. The summed E-state index contributed by atoms with van der Waals surface area (Å²) in [5.74, 6) is 1.41. The van der Waals surface area contributed by atoms with Crippen LogP contribution in [0, 0.1) is 11.3 Å². The van der Waals surface area contributed by atoms with Crippen LogP contribution in [0.2, 0.25) is 0 Å². The van der Waals surface area contributed by atoms with Gasteiger partial charge in [-0.25, -0.2) is 4.99 Å². The van der Waals surface area contributed by atoms with E-state index < -0.39 is 0 Å². The smallest absolute Gasteiger partial charge is 0.243 e. The highest BCUT2D eigenvalue weighted by atomic mass is 16.5. The number of carbonyl (C=O) groups is 1. The molecule has 3 unspecified atom stereocenters. The number of hydrogen-bond donors (Lipinski definition) is 2. The maximum atomic E-state index is 11.8. The van der Waals surface area contributed by atoms with Gasteiger partial charge in [-0.15, -0.1) is 0 Å². The Labute approximate surface area is 139 Å². The Morgan fingerprint density at radius 2 is 2.17 bits per heavy atom. The third kappa shape index (κ3) is 2.93. The van der Waals surface area contributed by atoms with Gasteiger partial charge in [0.05, 0.1) is 6.10 Å². The fourth-order valence-electron chi connectivity index (χ4n) is 4.29. The molecule has 0 bridgehead atoms. The summed E-state index contributed by atoms with van der Waals surface area (Å²) in [6, 6.07) is 0.446. The average molecular weight is 322 g/mol. The molecule has 6 nitrogen and oxygen atoms in total. The molecule has 1 saturated heterocycles. The minimum atomic E-state index is 0.0247. The fraction of sp³-hybridized carbons (Fsp3) is 0.882. The molecule has 3 fully saturated rings. The van der Waals surface area contributed by atoms with Crippen LogP contribution < -0.4 is 10.6 Å². The molecule has 0 aromatic heterocycles. The Hall–Kier alpha value is -1.30. The predicted molar refractivity (Wildman–Crippen MR) is 90.3 cm³/mol. The topological polar surface area (TPSA) is 66.0 Å². The Kier molecular flexibility index (Phi) is 4.80. The molecule has 2 N–H and O–H groups in total. The second kappa shape index (κ2) is 6.67. The van der Waals surface area contributed by atoms with Crippen LogP contribution in [0.3, 0.4) is 0 Å². The van der Waals surface area contributed by atoms with E-state index in [1.54, 1.807) is 19.0 Å². The van der Waals surface area contributed by atoms with Gasteiger partial charge in [0.2, 0.25) is 5.91 Å². The van der Waals surface area contributed by atoms with Crippen molar-refractivity contribution >= 4 is 11.9 Å². The summed E-state index contributed by atoms with van der Waals surface area (Å²) in [4.78, 5) is 17.9. The zero-order valence-electron chi connectivity index (χ0n) is 14.6. The summed E-state index contributed by atoms with van der Waals surface area (Å²) < 4.78 is 5.97. The van der Waals surface area contributed by atoms with Crippen molar-refractivity contribution in [3.05, 3.63) is 0 Å². The third-order valence-electron chi connectivity index (χ3n) is 5.74. The summed E-state index contributed by atoms with van der Waals surface area (Å²) in [5, 5.41) is 6.99. The van der Waals surface area contributed by atoms with E-state index in [1.165, 1.54) is 19.3 Å². The standard InChI is InChI=1S/C17H30N4O2/c1-4-9-18-16(19-11-13(22)21(2)3)20-14-12-6-10-23-15(12)17(14)7-5-8-17/h12,14-15H,4-11H2,1-3H3,(H2,18,19,20). The maximum Gasteiger partial charge on any atom is 0.243 e. The van der Waals surface area contributed by atoms with E-state index in [4.69, 9.17) is 4.74 Å². The van der Waals surface area contributed by atoms with Crippen molar-refractivity contribution in [1.29, 1.82) is 0 Å². The molecule has 3 aliphatic rings. The van der Waals surface area contributed by atoms with Crippen LogP contribution in [-0.4, -0.2) is 62.7 Å². The van der Waals surface area contributed by atoms with Gasteiger partial charge in [-0.1, -0.05) is 13.3 Å². The van der Waals surface area contributed by atoms with Gasteiger partial charge in [0.25, 0.3) is 0 Å². The Balaban J connectivity index is 1.65. The van der Waals surface area contributed by atoms with Crippen LogP contribution in [0.25, 0.3) is 0 Å². The molecule has 1 amide bonds. The minimum absolute atomic E-state index is 0.0247. The molecule has 0 aromatic carbocycles. The average Bonchev–Trinajstić information content (AvgIpc) is 2.89. The lowest BCUT2D eigenvalue weighted by Gasteiger charge is -2.63. The number of carbonyl (C=O) groups excluding carboxylic acids is 1. The number of amides is 1. The molecule has 3 atom stereocenters. The molecule has 130 valence electrons. The number of nitrogens with one attached hydrogen (secondary N) is 2. The molecule has 2 aliphatic carbocycles. The van der Waals surface area contributed by atoms with E-state index in [-0.39, 0.29) is 12.5 Å². The first-order valence-electron chi connectivity index (χ1n) is 8.95. The van der Waals surface area contributed by atoms with Crippen molar-refractivity contribution < 1.29 is 9.53 Å². The second-order valence-corrected chi connectivity index (χ2v) is 7.33. The lowest BCUT2D eigenvalue weighted by Crippen LogP contribution is -2.72. The molecule has 23 heavy (non-hydrogen) atoms. The van der Waals surface area contributed by atoms with Gasteiger partial charge in [0.15, 0.2) is 5.96 Å². The molecule has 1 heterocycles. The van der Waals surface area contributed by atoms with Gasteiger partial charge >= 0.3 is 0 Å². The Morgan fingerprint density at radius 1 is 1.39 bits per heavy atom. The molecule has 1 aliphatic heterocycles. The minimum Gasteiger partial charge on any atom is -0.377 e. The fourth-order valence-corrected chi connectivity index (χ4v) is 4.29. The monoisotopic (exact) mass is 322 g/mol. The van der Waals surface area contributed by atoms with E-state index >= 15 is 0 Å². The zero-order chi connectivity index (χ0) is 16.4. The van der Waals surface area contributed by atoms with Gasteiger partial charge in [0, 0.05) is 44.6 Å². The van der Waals surface area contributed by atoms with Gasteiger partial charge in [-0.05, 0) is 25.7 Å². The van der Waals surface area contributed by atoms with Crippen LogP contribution >= 0.6 is 0 Å². The van der Waals surface area contributed by atoms with Crippen molar-refractivity contribution in [2.75, 3.05) is 33.8 Å². The number of hydrogen-bond acceptors (Lipinski definition) is 3. The lowest BCUT2D eigenvalue weighted by atomic mass is 9.46. The number of rotatable bonds is 5. The largest absolute Gasteiger partial charge is 0.377 e. The number of nitrogens with zero attached hydrogens (tertiary/aromatic N) is 2. The summed E-state index contributed by atoms with van der Waals surface area (Å²) in [5.41, 5.74) is 0.321. The van der Waals surface area contributed by atoms with E-state index in [0.29, 0.717) is 23.5 Å². The van der Waals surface area contributed by atoms with Crippen LogP contribution in [0.4, 0.5) is 0 Å². The molecule has 0 aromatic rings. The number of likely N-dealkylation sites (N-methyl/N-ethyl adjacent to an activating group) is 1. The van der Waals surface area contributed by atoms with Gasteiger partial charge in [-0.2, -0.15) is 0 Å². The summed E-state index contributed by atoms with van der Waals surface area (Å²) in [6.45, 7) is 4.08. The molecule has 1 spiro atoms. The maximum absolute atomic E-state index is 11.8. The lowest BCUT2D eigenvalue weighted by molar-refractivity contribution is -0.171. The molecule has 3 rings (SSSR count). The third-order valence-corrected chi connectivity index (χ3v) is 5.74. The Morgan fingerprint density at radius 3 is 2.78 bits per heavy atom. The quantitative estimate of drug-likeness (QED) is 0.585. The number of ether oxygens (including phenoxy) is 1. The van der Waals surface area contributed by atoms with Crippen molar-refractivity contribution in [2.24, 2.45) is 16.3 Å². The first kappa shape index (κ1) is 16.6. The van der Waals surface area contributed by atoms with E-state index in [1.807, 2.05) is 0 Å². The van der Waals surface area contributed by atoms with E-state index in [2.05, 4.69) is 22.5 Å². The van der Waals surface area contributed by atoms with Gasteiger partial charge < -0.3 is 20.3 Å². The highest BCUT2D eigenvalue weighted by molar-refractivity contribution is 5.85. The zero-order valence-corrected chi connectivity index (χ0v) is 14.6. The molecular weight excluding hydrogens is 292 g/mol. The van der Waals surface area contributed by atoms with E-state index in [9.17, 15) is 4.79 Å². The summed E-state index contributed by atoms with van der Waals surface area (Å²) in [7, 11) is 3.53. The molecule has 0 radical (unpaired) electrons. The van der Waals surface area contributed by atoms with Crippen molar-refractivity contribution in [2.45, 2.75) is 51.2 Å². The summed E-state index contributed by atoms with van der Waals surface area (Å²) >= 11 is 0. The van der Waals surface area contributed by atoms with Gasteiger partial charge in [0.1, 0.15) is 6.54 Å². The predicted octanol–water partition coefficient (Wildman–Crippen LogP) is 0.977. The number of guanidine groups is 1. The second-order valence-electron chi connectivity index (χ2n) is 7.33. The van der Waals surface area contributed by atoms with Crippen molar-refractivity contribution in [1.82, 2.24) is 15.5 Å². The summed E-state index contributed by atoms with van der Waals surface area (Å²) in [6.07, 6.45) is 6.44. The SMILES string of the molecule is CCCNC(=NCC(=O)N(C)C)NC1C2CCOC2C12CCC2. The normalized spacial score (nSPS) is 31.1. The number of fused-ring (bicyclic) bond motifs is 2. The highest BCUT2D eigenvalue weighted by Gasteiger charge is 2.66. The van der Waals surface area contributed by atoms with E-state index in [0.717, 1.165) is 32.0 Å². The first-order valence-corrected chi connectivity index (χ1v) is 8.95. The van der Waals surface area contributed by atoms with Crippen LogP contribution in [0.1, 0.15) is 39.0 Å².